The van der Waals surface area contributed by atoms with Crippen molar-refractivity contribution >= 4 is 5.69 Å². The fourth-order valence-corrected chi connectivity index (χ4v) is 2.00. The third kappa shape index (κ3) is 4.65. The first-order valence-electron chi connectivity index (χ1n) is 7.03. The van der Waals surface area contributed by atoms with Crippen LogP contribution in [0, 0.1) is 5.92 Å². The van der Waals surface area contributed by atoms with Crippen molar-refractivity contribution in [2.45, 2.75) is 40.2 Å². The molecule has 1 aromatic heterocycles. The van der Waals surface area contributed by atoms with Gasteiger partial charge in [0.2, 0.25) is 0 Å². The molecule has 0 aliphatic rings. The predicted octanol–water partition coefficient (Wildman–Crippen LogP) is 3.06. The minimum absolute atomic E-state index is 0.714. The molecule has 0 bridgehead atoms. The van der Waals surface area contributed by atoms with Crippen LogP contribution in [0.25, 0.3) is 0 Å². The zero-order valence-corrected chi connectivity index (χ0v) is 12.2. The van der Waals surface area contributed by atoms with E-state index in [1.165, 1.54) is 24.1 Å². The Morgan fingerprint density at radius 3 is 2.83 bits per heavy atom. The summed E-state index contributed by atoms with van der Waals surface area (Å²) in [5.41, 5.74) is 2.59. The molecule has 0 aliphatic carbocycles. The molecule has 1 heterocycles. The number of rotatable bonds is 8. The summed E-state index contributed by atoms with van der Waals surface area (Å²) in [5.74, 6) is 0.714. The van der Waals surface area contributed by atoms with Crippen molar-refractivity contribution in [3.8, 4) is 0 Å². The predicted molar refractivity (Wildman–Crippen MR) is 79.0 cm³/mol. The van der Waals surface area contributed by atoms with Gasteiger partial charge in [-0.15, -0.1) is 0 Å². The lowest BCUT2D eigenvalue weighted by atomic mass is 10.1. The molecule has 1 unspecified atom stereocenters. The molecule has 1 rings (SSSR count). The van der Waals surface area contributed by atoms with Crippen molar-refractivity contribution < 1.29 is 0 Å². The number of hydrogen-bond donors (Lipinski definition) is 1. The maximum absolute atomic E-state index is 4.26. The van der Waals surface area contributed by atoms with Gasteiger partial charge in [0.1, 0.15) is 0 Å². The molecule has 18 heavy (non-hydrogen) atoms. The fourth-order valence-electron chi connectivity index (χ4n) is 2.00. The first-order valence-corrected chi connectivity index (χ1v) is 7.03. The summed E-state index contributed by atoms with van der Waals surface area (Å²) < 4.78 is 0. The summed E-state index contributed by atoms with van der Waals surface area (Å²) in [6.45, 7) is 9.80. The monoisotopic (exact) mass is 249 g/mol. The molecule has 1 atom stereocenters. The van der Waals surface area contributed by atoms with Gasteiger partial charge in [0, 0.05) is 26.3 Å². The van der Waals surface area contributed by atoms with E-state index in [0.29, 0.717) is 5.92 Å². The summed E-state index contributed by atoms with van der Waals surface area (Å²) in [6, 6.07) is 2.12. The number of pyridine rings is 1. The van der Waals surface area contributed by atoms with Crippen LogP contribution in [-0.4, -0.2) is 25.1 Å². The van der Waals surface area contributed by atoms with Gasteiger partial charge in [-0.2, -0.15) is 0 Å². The second-order valence-electron chi connectivity index (χ2n) is 5.08. The average molecular weight is 249 g/mol. The Morgan fingerprint density at radius 1 is 1.39 bits per heavy atom. The third-order valence-corrected chi connectivity index (χ3v) is 3.32. The highest BCUT2D eigenvalue weighted by atomic mass is 15.1. The SMILES string of the molecule is CCCNCc1ccncc1N(C)CC(C)CC. The number of hydrogen-bond acceptors (Lipinski definition) is 3. The van der Waals surface area contributed by atoms with Crippen LogP contribution >= 0.6 is 0 Å². The van der Waals surface area contributed by atoms with Crippen LogP contribution in [0.15, 0.2) is 18.5 Å². The van der Waals surface area contributed by atoms with Crippen molar-refractivity contribution in [3.05, 3.63) is 24.0 Å². The molecular formula is C15H27N3. The summed E-state index contributed by atoms with van der Waals surface area (Å²) >= 11 is 0. The van der Waals surface area contributed by atoms with Gasteiger partial charge in [0.05, 0.1) is 11.9 Å². The van der Waals surface area contributed by atoms with Crippen molar-refractivity contribution in [2.75, 3.05) is 25.0 Å². The number of nitrogens with zero attached hydrogens (tertiary/aromatic N) is 2. The van der Waals surface area contributed by atoms with Crippen LogP contribution in [0.2, 0.25) is 0 Å². The molecule has 3 heteroatoms. The van der Waals surface area contributed by atoms with Gasteiger partial charge in [-0.25, -0.2) is 0 Å². The van der Waals surface area contributed by atoms with Gasteiger partial charge in [-0.1, -0.05) is 27.2 Å². The molecule has 3 nitrogen and oxygen atoms in total. The Bertz CT molecular complexity index is 338. The van der Waals surface area contributed by atoms with Crippen molar-refractivity contribution in [2.24, 2.45) is 5.92 Å². The summed E-state index contributed by atoms with van der Waals surface area (Å²) in [6.07, 6.45) is 6.24. The molecule has 0 fully saturated rings. The maximum atomic E-state index is 4.26. The maximum Gasteiger partial charge on any atom is 0.0595 e. The van der Waals surface area contributed by atoms with Crippen LogP contribution in [0.3, 0.4) is 0 Å². The highest BCUT2D eigenvalue weighted by Crippen LogP contribution is 2.19. The van der Waals surface area contributed by atoms with E-state index in [4.69, 9.17) is 0 Å². The van der Waals surface area contributed by atoms with Crippen LogP contribution in [0.5, 0.6) is 0 Å². The Hall–Kier alpha value is -1.09. The van der Waals surface area contributed by atoms with Gasteiger partial charge in [0.25, 0.3) is 0 Å². The van der Waals surface area contributed by atoms with Crippen LogP contribution in [0.4, 0.5) is 5.69 Å². The molecule has 0 amide bonds. The van der Waals surface area contributed by atoms with E-state index in [1.807, 2.05) is 12.4 Å². The summed E-state index contributed by atoms with van der Waals surface area (Å²) in [5, 5.41) is 3.46. The average Bonchev–Trinajstić information content (AvgIpc) is 2.39. The summed E-state index contributed by atoms with van der Waals surface area (Å²) in [7, 11) is 2.16. The zero-order valence-electron chi connectivity index (χ0n) is 12.2. The Labute approximate surface area is 112 Å². The Balaban J connectivity index is 2.68. The van der Waals surface area contributed by atoms with Crippen molar-refractivity contribution in [1.29, 1.82) is 0 Å². The highest BCUT2D eigenvalue weighted by molar-refractivity contribution is 5.51. The molecule has 0 saturated carbocycles. The molecule has 0 aliphatic heterocycles. The number of nitrogens with one attached hydrogen (secondary N) is 1. The van der Waals surface area contributed by atoms with E-state index in [9.17, 15) is 0 Å². The lowest BCUT2D eigenvalue weighted by molar-refractivity contribution is 0.558. The first kappa shape index (κ1) is 15.0. The van der Waals surface area contributed by atoms with Gasteiger partial charge >= 0.3 is 0 Å². The molecule has 0 spiro atoms. The lowest BCUT2D eigenvalue weighted by Crippen LogP contribution is -2.26. The topological polar surface area (TPSA) is 28.2 Å². The van der Waals surface area contributed by atoms with E-state index in [1.54, 1.807) is 0 Å². The third-order valence-electron chi connectivity index (χ3n) is 3.32. The number of aromatic nitrogens is 1. The molecule has 0 saturated heterocycles. The van der Waals surface area contributed by atoms with Crippen molar-refractivity contribution in [3.63, 3.8) is 0 Å². The van der Waals surface area contributed by atoms with Crippen LogP contribution in [0.1, 0.15) is 39.2 Å². The fraction of sp³-hybridized carbons (Fsp3) is 0.667. The van der Waals surface area contributed by atoms with Crippen LogP contribution in [-0.2, 0) is 6.54 Å². The molecule has 1 aromatic rings. The molecular weight excluding hydrogens is 222 g/mol. The Morgan fingerprint density at radius 2 is 2.17 bits per heavy atom. The van der Waals surface area contributed by atoms with E-state index >= 15 is 0 Å². The van der Waals surface area contributed by atoms with Gasteiger partial charge in [-0.3, -0.25) is 4.98 Å². The Kier molecular flexibility index (Phi) is 6.73. The smallest absolute Gasteiger partial charge is 0.0595 e. The quantitative estimate of drug-likeness (QED) is 0.718. The van der Waals surface area contributed by atoms with Gasteiger partial charge in [-0.05, 0) is 30.5 Å². The van der Waals surface area contributed by atoms with Crippen LogP contribution < -0.4 is 10.2 Å². The minimum atomic E-state index is 0.714. The second-order valence-corrected chi connectivity index (χ2v) is 5.08. The standard InChI is InChI=1S/C15H27N3/c1-5-8-16-10-14-7-9-17-11-15(14)18(4)12-13(3)6-2/h7,9,11,13,16H,5-6,8,10,12H2,1-4H3. The van der Waals surface area contributed by atoms with E-state index < -0.39 is 0 Å². The zero-order chi connectivity index (χ0) is 13.4. The number of anilines is 1. The molecule has 0 aromatic carbocycles. The normalized spacial score (nSPS) is 12.4. The summed E-state index contributed by atoms with van der Waals surface area (Å²) in [4.78, 5) is 6.58. The molecule has 102 valence electrons. The van der Waals surface area contributed by atoms with E-state index in [2.05, 4.69) is 49.1 Å². The molecule has 1 N–H and O–H groups in total. The largest absolute Gasteiger partial charge is 0.373 e. The minimum Gasteiger partial charge on any atom is -0.373 e. The van der Waals surface area contributed by atoms with Gasteiger partial charge < -0.3 is 10.2 Å². The second kappa shape index (κ2) is 8.09. The van der Waals surface area contributed by atoms with Crippen molar-refractivity contribution in [1.82, 2.24) is 10.3 Å². The lowest BCUT2D eigenvalue weighted by Gasteiger charge is -2.25. The van der Waals surface area contributed by atoms with E-state index in [0.717, 1.165) is 19.6 Å². The first-order chi connectivity index (χ1) is 8.69. The molecule has 0 radical (unpaired) electrons. The van der Waals surface area contributed by atoms with E-state index in [-0.39, 0.29) is 0 Å². The highest BCUT2D eigenvalue weighted by Gasteiger charge is 2.09. The van der Waals surface area contributed by atoms with Gasteiger partial charge in [0.15, 0.2) is 0 Å².